The van der Waals surface area contributed by atoms with Crippen molar-refractivity contribution >= 4 is 5.82 Å². The first-order chi connectivity index (χ1) is 9.49. The van der Waals surface area contributed by atoms with Crippen LogP contribution in [0.25, 0.3) is 11.4 Å². The van der Waals surface area contributed by atoms with Gasteiger partial charge in [0.2, 0.25) is 0 Å². The van der Waals surface area contributed by atoms with Crippen molar-refractivity contribution in [1.29, 1.82) is 0 Å². The van der Waals surface area contributed by atoms with Gasteiger partial charge in [0, 0.05) is 17.3 Å². The highest BCUT2D eigenvalue weighted by Crippen LogP contribution is 2.30. The molecule has 5 heteroatoms. The number of aromatic hydroxyl groups is 1. The third-order valence-electron chi connectivity index (χ3n) is 2.85. The molecule has 2 rings (SSSR count). The van der Waals surface area contributed by atoms with E-state index in [1.807, 2.05) is 0 Å². The maximum absolute atomic E-state index is 9.62. The standard InChI is InChI=1S/C15H19N3O2/c1-9(2)6-11-8-14(16)18-15(17-11)10-4-5-12(19)13(7-10)20-3/h4-5,7-9,19H,6H2,1-3H3,(H2,16,17,18). The second-order valence-electron chi connectivity index (χ2n) is 5.09. The molecule has 0 amide bonds. The van der Waals surface area contributed by atoms with E-state index in [1.165, 1.54) is 7.11 Å². The smallest absolute Gasteiger partial charge is 0.161 e. The molecule has 0 aliphatic rings. The van der Waals surface area contributed by atoms with Crippen molar-refractivity contribution in [3.8, 4) is 22.9 Å². The van der Waals surface area contributed by atoms with Crippen LogP contribution in [0.1, 0.15) is 19.5 Å². The van der Waals surface area contributed by atoms with Crippen molar-refractivity contribution < 1.29 is 9.84 Å². The Hall–Kier alpha value is -2.30. The van der Waals surface area contributed by atoms with Crippen LogP contribution in [0.15, 0.2) is 24.3 Å². The third-order valence-corrected chi connectivity index (χ3v) is 2.85. The molecule has 1 aromatic carbocycles. The van der Waals surface area contributed by atoms with Crippen molar-refractivity contribution in [2.45, 2.75) is 20.3 Å². The number of methoxy groups -OCH3 is 1. The molecule has 0 radical (unpaired) electrons. The van der Waals surface area contributed by atoms with E-state index in [1.54, 1.807) is 24.3 Å². The Balaban J connectivity index is 2.44. The van der Waals surface area contributed by atoms with Gasteiger partial charge in [-0.15, -0.1) is 0 Å². The average molecular weight is 273 g/mol. The number of phenolic OH excluding ortho intramolecular Hbond substituents is 1. The fraction of sp³-hybridized carbons (Fsp3) is 0.333. The molecule has 5 nitrogen and oxygen atoms in total. The fourth-order valence-electron chi connectivity index (χ4n) is 1.99. The molecule has 0 saturated heterocycles. The van der Waals surface area contributed by atoms with E-state index in [4.69, 9.17) is 10.5 Å². The summed E-state index contributed by atoms with van der Waals surface area (Å²) in [6.07, 6.45) is 0.842. The molecular weight excluding hydrogens is 254 g/mol. The van der Waals surface area contributed by atoms with Crippen LogP contribution in [-0.2, 0) is 6.42 Å². The minimum atomic E-state index is 0.0857. The summed E-state index contributed by atoms with van der Waals surface area (Å²) in [5.41, 5.74) is 7.51. The second kappa shape index (κ2) is 5.77. The summed E-state index contributed by atoms with van der Waals surface area (Å²) in [5.74, 6) is 1.95. The molecule has 0 unspecified atom stereocenters. The van der Waals surface area contributed by atoms with Gasteiger partial charge in [0.15, 0.2) is 17.3 Å². The molecule has 0 aliphatic heterocycles. The van der Waals surface area contributed by atoms with Crippen LogP contribution >= 0.6 is 0 Å². The number of benzene rings is 1. The highest BCUT2D eigenvalue weighted by atomic mass is 16.5. The molecule has 1 aromatic heterocycles. The number of nitrogen functional groups attached to an aromatic ring is 1. The maximum atomic E-state index is 9.62. The number of anilines is 1. The first kappa shape index (κ1) is 14.1. The molecule has 0 spiro atoms. The van der Waals surface area contributed by atoms with E-state index in [2.05, 4.69) is 23.8 Å². The third kappa shape index (κ3) is 3.17. The zero-order valence-electron chi connectivity index (χ0n) is 11.9. The normalized spacial score (nSPS) is 10.8. The van der Waals surface area contributed by atoms with Crippen molar-refractivity contribution in [3.63, 3.8) is 0 Å². The Kier molecular flexibility index (Phi) is 4.08. The van der Waals surface area contributed by atoms with Crippen LogP contribution in [0.4, 0.5) is 5.82 Å². The maximum Gasteiger partial charge on any atom is 0.161 e. The van der Waals surface area contributed by atoms with Crippen LogP contribution in [0, 0.1) is 5.92 Å². The van der Waals surface area contributed by atoms with Gasteiger partial charge in [-0.2, -0.15) is 0 Å². The predicted molar refractivity (Wildman–Crippen MR) is 78.6 cm³/mol. The number of nitrogens with two attached hydrogens (primary N) is 1. The lowest BCUT2D eigenvalue weighted by molar-refractivity contribution is 0.373. The van der Waals surface area contributed by atoms with Crippen LogP contribution in [0.5, 0.6) is 11.5 Å². The Morgan fingerprint density at radius 3 is 2.65 bits per heavy atom. The lowest BCUT2D eigenvalue weighted by Crippen LogP contribution is -2.03. The van der Waals surface area contributed by atoms with E-state index in [9.17, 15) is 5.11 Å². The van der Waals surface area contributed by atoms with E-state index in [0.29, 0.717) is 23.3 Å². The summed E-state index contributed by atoms with van der Waals surface area (Å²) in [4.78, 5) is 8.77. The fourth-order valence-corrected chi connectivity index (χ4v) is 1.99. The Morgan fingerprint density at radius 1 is 1.25 bits per heavy atom. The summed E-state index contributed by atoms with van der Waals surface area (Å²) in [6, 6.07) is 6.79. The van der Waals surface area contributed by atoms with Crippen molar-refractivity contribution in [1.82, 2.24) is 9.97 Å². The number of ether oxygens (including phenoxy) is 1. The highest BCUT2D eigenvalue weighted by molar-refractivity contribution is 5.62. The van der Waals surface area contributed by atoms with Gasteiger partial charge in [-0.05, 0) is 30.5 Å². The predicted octanol–water partition coefficient (Wildman–Crippen LogP) is 2.64. The number of nitrogens with zero attached hydrogens (tertiary/aromatic N) is 2. The highest BCUT2D eigenvalue weighted by Gasteiger charge is 2.10. The lowest BCUT2D eigenvalue weighted by atomic mass is 10.1. The largest absolute Gasteiger partial charge is 0.504 e. The van der Waals surface area contributed by atoms with Crippen LogP contribution in [0.2, 0.25) is 0 Å². The van der Waals surface area contributed by atoms with Gasteiger partial charge >= 0.3 is 0 Å². The summed E-state index contributed by atoms with van der Waals surface area (Å²) >= 11 is 0. The topological polar surface area (TPSA) is 81.3 Å². The van der Waals surface area contributed by atoms with Gasteiger partial charge < -0.3 is 15.6 Å². The minimum Gasteiger partial charge on any atom is -0.504 e. The Bertz CT molecular complexity index is 612. The SMILES string of the molecule is COc1cc(-c2nc(N)cc(CC(C)C)n2)ccc1O. The molecule has 1 heterocycles. The second-order valence-corrected chi connectivity index (χ2v) is 5.09. The molecule has 0 bridgehead atoms. The van der Waals surface area contributed by atoms with Gasteiger partial charge in [0.25, 0.3) is 0 Å². The summed E-state index contributed by atoms with van der Waals surface area (Å²) in [6.45, 7) is 4.25. The van der Waals surface area contributed by atoms with Crippen LogP contribution in [-0.4, -0.2) is 22.2 Å². The lowest BCUT2D eigenvalue weighted by Gasteiger charge is -2.09. The van der Waals surface area contributed by atoms with E-state index < -0.39 is 0 Å². The quantitative estimate of drug-likeness (QED) is 0.895. The summed E-state index contributed by atoms with van der Waals surface area (Å²) in [7, 11) is 1.50. The Morgan fingerprint density at radius 2 is 2.00 bits per heavy atom. The number of phenols is 1. The van der Waals surface area contributed by atoms with Crippen LogP contribution in [0.3, 0.4) is 0 Å². The van der Waals surface area contributed by atoms with Gasteiger partial charge in [-0.3, -0.25) is 0 Å². The van der Waals surface area contributed by atoms with E-state index >= 15 is 0 Å². The van der Waals surface area contributed by atoms with Gasteiger partial charge in [0.1, 0.15) is 5.82 Å². The van der Waals surface area contributed by atoms with Crippen molar-refractivity contribution in [2.75, 3.05) is 12.8 Å². The first-order valence-electron chi connectivity index (χ1n) is 6.50. The summed E-state index contributed by atoms with van der Waals surface area (Å²) < 4.78 is 5.10. The average Bonchev–Trinajstić information content (AvgIpc) is 2.37. The Labute approximate surface area is 118 Å². The monoisotopic (exact) mass is 273 g/mol. The molecule has 106 valence electrons. The molecule has 0 aliphatic carbocycles. The molecule has 3 N–H and O–H groups in total. The number of hydrogen-bond donors (Lipinski definition) is 2. The molecule has 2 aromatic rings. The molecule has 20 heavy (non-hydrogen) atoms. The summed E-state index contributed by atoms with van der Waals surface area (Å²) in [5, 5.41) is 9.62. The van der Waals surface area contributed by atoms with Gasteiger partial charge in [0.05, 0.1) is 7.11 Å². The van der Waals surface area contributed by atoms with Gasteiger partial charge in [-0.25, -0.2) is 9.97 Å². The minimum absolute atomic E-state index is 0.0857. The molecule has 0 atom stereocenters. The zero-order valence-corrected chi connectivity index (χ0v) is 11.9. The molecule has 0 fully saturated rings. The van der Waals surface area contributed by atoms with Crippen molar-refractivity contribution in [2.24, 2.45) is 5.92 Å². The first-order valence-corrected chi connectivity index (χ1v) is 6.50. The van der Waals surface area contributed by atoms with Gasteiger partial charge in [-0.1, -0.05) is 13.8 Å². The zero-order chi connectivity index (χ0) is 14.7. The van der Waals surface area contributed by atoms with Crippen molar-refractivity contribution in [3.05, 3.63) is 30.0 Å². The molecular formula is C15H19N3O2. The molecule has 0 saturated carbocycles. The number of aromatic nitrogens is 2. The van der Waals surface area contributed by atoms with E-state index in [-0.39, 0.29) is 5.75 Å². The number of hydrogen-bond acceptors (Lipinski definition) is 5. The van der Waals surface area contributed by atoms with Crippen LogP contribution < -0.4 is 10.5 Å². The van der Waals surface area contributed by atoms with E-state index in [0.717, 1.165) is 17.7 Å². The number of rotatable bonds is 4.